The molecule has 2 aromatic heterocycles. The van der Waals surface area contributed by atoms with Crippen LogP contribution in [0.1, 0.15) is 34.9 Å². The van der Waals surface area contributed by atoms with E-state index >= 15 is 0 Å². The first-order valence-corrected chi connectivity index (χ1v) is 11.2. The molecule has 1 N–H and O–H groups in total. The lowest BCUT2D eigenvalue weighted by atomic mass is 10.1. The third-order valence-corrected chi connectivity index (χ3v) is 6.89. The highest BCUT2D eigenvalue weighted by atomic mass is 32.1. The van der Waals surface area contributed by atoms with Gasteiger partial charge in [-0.25, -0.2) is 4.98 Å². The molecule has 0 spiro atoms. The molecule has 28 heavy (non-hydrogen) atoms. The fourth-order valence-corrected chi connectivity index (χ4v) is 5.12. The third kappa shape index (κ3) is 4.27. The number of benzene rings is 1. The monoisotopic (exact) mass is 413 g/mol. The number of hydrogen-bond acceptors (Lipinski definition) is 6. The molecule has 3 aromatic rings. The van der Waals surface area contributed by atoms with Gasteiger partial charge in [0.2, 0.25) is 0 Å². The van der Waals surface area contributed by atoms with E-state index in [1.165, 1.54) is 29.7 Å². The summed E-state index contributed by atoms with van der Waals surface area (Å²) in [7, 11) is 1.67. The van der Waals surface area contributed by atoms with Crippen molar-refractivity contribution in [3.63, 3.8) is 0 Å². The van der Waals surface area contributed by atoms with Crippen LogP contribution < -0.4 is 10.1 Å². The summed E-state index contributed by atoms with van der Waals surface area (Å²) in [5.74, 6) is 0.730. The number of hydrogen-bond donors (Lipinski definition) is 1. The summed E-state index contributed by atoms with van der Waals surface area (Å²) in [6, 6.07) is 12.3. The molecule has 1 fully saturated rings. The van der Waals surface area contributed by atoms with E-state index in [9.17, 15) is 4.79 Å². The van der Waals surface area contributed by atoms with Crippen molar-refractivity contribution < 1.29 is 9.53 Å². The Labute approximate surface area is 173 Å². The maximum atomic E-state index is 12.7. The molecule has 1 saturated heterocycles. The summed E-state index contributed by atoms with van der Waals surface area (Å²) in [5.41, 5.74) is 1.68. The molecule has 7 heteroatoms. The molecule has 3 heterocycles. The van der Waals surface area contributed by atoms with Crippen LogP contribution in [-0.4, -0.2) is 42.5 Å². The zero-order valence-electron chi connectivity index (χ0n) is 15.8. The summed E-state index contributed by atoms with van der Waals surface area (Å²) in [5, 5.41) is 7.85. The maximum absolute atomic E-state index is 12.7. The number of carbonyl (C=O) groups is 1. The van der Waals surface area contributed by atoms with Crippen molar-refractivity contribution in [1.82, 2.24) is 15.2 Å². The van der Waals surface area contributed by atoms with Gasteiger partial charge in [0.15, 0.2) is 0 Å². The second-order valence-electron chi connectivity index (χ2n) is 6.76. The van der Waals surface area contributed by atoms with Crippen LogP contribution >= 0.6 is 22.7 Å². The molecule has 1 aliphatic rings. The largest absolute Gasteiger partial charge is 0.497 e. The lowest BCUT2D eigenvalue weighted by Gasteiger charge is -2.28. The van der Waals surface area contributed by atoms with E-state index in [0.717, 1.165) is 28.7 Å². The van der Waals surface area contributed by atoms with E-state index < -0.39 is 0 Å². The number of rotatable bonds is 7. The zero-order chi connectivity index (χ0) is 19.3. The van der Waals surface area contributed by atoms with Gasteiger partial charge in [-0.15, -0.1) is 22.7 Å². The van der Waals surface area contributed by atoms with E-state index in [-0.39, 0.29) is 11.9 Å². The molecule has 1 aromatic carbocycles. The minimum Gasteiger partial charge on any atom is -0.497 e. The van der Waals surface area contributed by atoms with Crippen LogP contribution in [0.25, 0.3) is 9.88 Å². The second-order valence-corrected chi connectivity index (χ2v) is 8.56. The van der Waals surface area contributed by atoms with Gasteiger partial charge in [0.05, 0.1) is 18.0 Å². The average molecular weight is 414 g/mol. The Morgan fingerprint density at radius 1 is 1.21 bits per heavy atom. The topological polar surface area (TPSA) is 54.5 Å². The Kier molecular flexibility index (Phi) is 6.04. The van der Waals surface area contributed by atoms with E-state index in [2.05, 4.69) is 27.3 Å². The number of aromatic nitrogens is 1. The third-order valence-electron chi connectivity index (χ3n) is 5.01. The van der Waals surface area contributed by atoms with Gasteiger partial charge in [0, 0.05) is 11.9 Å². The Balaban J connectivity index is 1.45. The van der Waals surface area contributed by atoms with E-state index in [4.69, 9.17) is 4.74 Å². The molecule has 146 valence electrons. The molecule has 0 radical (unpaired) electrons. The van der Waals surface area contributed by atoms with Crippen LogP contribution in [0.4, 0.5) is 0 Å². The molecular weight excluding hydrogens is 390 g/mol. The summed E-state index contributed by atoms with van der Waals surface area (Å²) in [4.78, 5) is 20.7. The molecule has 0 aliphatic carbocycles. The highest BCUT2D eigenvalue weighted by molar-refractivity contribution is 7.20. The first-order chi connectivity index (χ1) is 13.7. The van der Waals surface area contributed by atoms with E-state index in [1.54, 1.807) is 18.4 Å². The van der Waals surface area contributed by atoms with Gasteiger partial charge in [0.25, 0.3) is 5.91 Å². The fourth-order valence-electron chi connectivity index (χ4n) is 3.51. The van der Waals surface area contributed by atoms with Crippen molar-refractivity contribution in [3.05, 3.63) is 58.4 Å². The predicted octanol–water partition coefficient (Wildman–Crippen LogP) is 4.45. The summed E-state index contributed by atoms with van der Waals surface area (Å²) < 4.78 is 5.27. The van der Waals surface area contributed by atoms with Crippen molar-refractivity contribution in [2.45, 2.75) is 18.9 Å². The average Bonchev–Trinajstić information content (AvgIpc) is 3.50. The molecule has 1 aliphatic heterocycles. The summed E-state index contributed by atoms with van der Waals surface area (Å²) >= 11 is 3.15. The Hall–Kier alpha value is -2.22. The van der Waals surface area contributed by atoms with Crippen LogP contribution in [0, 0.1) is 0 Å². The van der Waals surface area contributed by atoms with Crippen LogP contribution in [0.3, 0.4) is 0 Å². The van der Waals surface area contributed by atoms with E-state index in [0.29, 0.717) is 12.2 Å². The number of likely N-dealkylation sites (tertiary alicyclic amines) is 1. The molecule has 1 amide bonds. The minimum atomic E-state index is -0.114. The Bertz CT molecular complexity index is 900. The number of thiophene rings is 1. The second kappa shape index (κ2) is 8.86. The molecule has 5 nitrogen and oxygen atoms in total. The number of nitrogens with zero attached hydrogens (tertiary/aromatic N) is 2. The molecule has 0 unspecified atom stereocenters. The molecule has 1 atom stereocenters. The summed E-state index contributed by atoms with van der Waals surface area (Å²) in [6.45, 7) is 2.69. The molecule has 4 rings (SSSR count). The zero-order valence-corrected chi connectivity index (χ0v) is 17.4. The first-order valence-electron chi connectivity index (χ1n) is 9.40. The number of amides is 1. The number of nitrogens with one attached hydrogen (secondary N) is 1. The lowest BCUT2D eigenvalue weighted by molar-refractivity contribution is 0.0933. The number of carbonyl (C=O) groups excluding carboxylic acids is 1. The molecular formula is C21H23N3O2S2. The van der Waals surface area contributed by atoms with Gasteiger partial charge in [-0.05, 0) is 55.1 Å². The van der Waals surface area contributed by atoms with Crippen molar-refractivity contribution in [2.24, 2.45) is 0 Å². The number of thiazole rings is 1. The van der Waals surface area contributed by atoms with Crippen molar-refractivity contribution in [1.29, 1.82) is 0 Å². The van der Waals surface area contributed by atoms with Gasteiger partial charge in [-0.2, -0.15) is 0 Å². The van der Waals surface area contributed by atoms with Gasteiger partial charge in [-0.1, -0.05) is 18.2 Å². The van der Waals surface area contributed by atoms with Crippen LogP contribution in [0.2, 0.25) is 0 Å². The van der Waals surface area contributed by atoms with Gasteiger partial charge >= 0.3 is 0 Å². The van der Waals surface area contributed by atoms with Crippen molar-refractivity contribution in [3.8, 4) is 15.6 Å². The predicted molar refractivity (Wildman–Crippen MR) is 114 cm³/mol. The van der Waals surface area contributed by atoms with Crippen LogP contribution in [0.5, 0.6) is 5.75 Å². The van der Waals surface area contributed by atoms with Crippen LogP contribution in [0.15, 0.2) is 47.2 Å². The lowest BCUT2D eigenvalue weighted by Crippen LogP contribution is -2.36. The van der Waals surface area contributed by atoms with Gasteiger partial charge < -0.3 is 10.1 Å². The first kappa shape index (κ1) is 19.1. The normalized spacial score (nSPS) is 15.5. The molecule has 0 bridgehead atoms. The van der Waals surface area contributed by atoms with Gasteiger partial charge in [-0.3, -0.25) is 9.69 Å². The summed E-state index contributed by atoms with van der Waals surface area (Å²) in [6.07, 6.45) is 2.41. The Morgan fingerprint density at radius 3 is 2.68 bits per heavy atom. The van der Waals surface area contributed by atoms with E-state index in [1.807, 2.05) is 35.0 Å². The smallest absolute Gasteiger partial charge is 0.270 e. The number of ether oxygens (including phenoxy) is 1. The van der Waals surface area contributed by atoms with Crippen molar-refractivity contribution in [2.75, 3.05) is 26.7 Å². The minimum absolute atomic E-state index is 0.114. The standard InChI is InChI=1S/C21H23N3O2S2/c1-26-16-8-6-15(7-9-16)18(24-10-2-3-11-24)13-22-20(25)17-14-28-21(23-17)19-5-4-12-27-19/h4-9,12,14,18H,2-3,10-11,13H2,1H3,(H,22,25)/t18-/m0/s1. The number of methoxy groups -OCH3 is 1. The van der Waals surface area contributed by atoms with Crippen LogP contribution in [-0.2, 0) is 0 Å². The highest BCUT2D eigenvalue weighted by Crippen LogP contribution is 2.28. The van der Waals surface area contributed by atoms with Gasteiger partial charge in [0.1, 0.15) is 16.5 Å². The Morgan fingerprint density at radius 2 is 2.00 bits per heavy atom. The highest BCUT2D eigenvalue weighted by Gasteiger charge is 2.24. The quantitative estimate of drug-likeness (QED) is 0.622. The SMILES string of the molecule is COc1ccc([C@H](CNC(=O)c2csc(-c3cccs3)n2)N2CCCC2)cc1. The fraction of sp³-hybridized carbons (Fsp3) is 0.333. The van der Waals surface area contributed by atoms with Crippen molar-refractivity contribution >= 4 is 28.6 Å². The molecule has 0 saturated carbocycles. The maximum Gasteiger partial charge on any atom is 0.270 e.